The molecule has 0 aliphatic heterocycles. The molecule has 0 aromatic carbocycles. The van der Waals surface area contributed by atoms with Crippen molar-refractivity contribution in [3.63, 3.8) is 0 Å². The minimum atomic E-state index is -1.02. The number of thiol groups is 2. The van der Waals surface area contributed by atoms with E-state index in [1.165, 1.54) is 0 Å². The largest absolute Gasteiger partial charge is 0.480 e. The van der Waals surface area contributed by atoms with Gasteiger partial charge in [-0.2, -0.15) is 25.3 Å². The lowest BCUT2D eigenvalue weighted by atomic mass is 9.99. The molecule has 0 aliphatic carbocycles. The van der Waals surface area contributed by atoms with E-state index in [1.807, 2.05) is 0 Å². The number of nitrogens with two attached hydrogens (primary N) is 2. The van der Waals surface area contributed by atoms with Gasteiger partial charge in [0.2, 0.25) is 0 Å². The second kappa shape index (κ2) is 12.3. The van der Waals surface area contributed by atoms with Gasteiger partial charge in [-0.05, 0) is 44.3 Å². The standard InChI is InChI=1S/C14H28N2O3S2/c15-11(5-3-6-12(16)14(18)19)13(17)7-2-1-4-10(21)8-9-20/h10-12,20-21H,1-9,15-16H2,(H,18,19)/t10?,11?,12-/m0/s1. The molecule has 0 heterocycles. The zero-order valence-electron chi connectivity index (χ0n) is 12.4. The molecule has 5 nitrogen and oxygen atoms in total. The molecule has 0 aliphatic rings. The first-order valence-electron chi connectivity index (χ1n) is 7.44. The molecule has 0 bridgehead atoms. The Hall–Kier alpha value is -0.240. The molecule has 0 aromatic rings. The first kappa shape index (κ1) is 20.8. The van der Waals surface area contributed by atoms with Gasteiger partial charge >= 0.3 is 5.97 Å². The van der Waals surface area contributed by atoms with Crippen LogP contribution < -0.4 is 11.5 Å². The Kier molecular flexibility index (Phi) is 12.2. The van der Waals surface area contributed by atoms with Crippen molar-refractivity contribution in [1.29, 1.82) is 0 Å². The number of ketones is 1. The summed E-state index contributed by atoms with van der Waals surface area (Å²) in [6, 6.07) is -1.37. The predicted octanol–water partition coefficient (Wildman–Crippen LogP) is 1.64. The molecular weight excluding hydrogens is 308 g/mol. The van der Waals surface area contributed by atoms with Gasteiger partial charge in [-0.3, -0.25) is 9.59 Å². The normalized spacial score (nSPS) is 15.4. The summed E-state index contributed by atoms with van der Waals surface area (Å²) < 4.78 is 0. The summed E-state index contributed by atoms with van der Waals surface area (Å²) in [4.78, 5) is 22.4. The van der Waals surface area contributed by atoms with E-state index in [4.69, 9.17) is 16.6 Å². The molecule has 5 N–H and O–H groups in total. The third-order valence-electron chi connectivity index (χ3n) is 3.43. The number of Topliss-reactive ketones (excluding diaryl/α,β-unsaturated/α-hetero) is 1. The molecule has 21 heavy (non-hydrogen) atoms. The lowest BCUT2D eigenvalue weighted by Crippen LogP contribution is -2.33. The average molecular weight is 337 g/mol. The van der Waals surface area contributed by atoms with Crippen LogP contribution in [0.5, 0.6) is 0 Å². The van der Waals surface area contributed by atoms with E-state index in [0.29, 0.717) is 30.9 Å². The third-order valence-corrected chi connectivity index (χ3v) is 4.21. The van der Waals surface area contributed by atoms with E-state index in [1.54, 1.807) is 0 Å². The van der Waals surface area contributed by atoms with Crippen molar-refractivity contribution in [2.24, 2.45) is 11.5 Å². The highest BCUT2D eigenvalue weighted by atomic mass is 32.1. The molecule has 0 radical (unpaired) electrons. The second-order valence-corrected chi connectivity index (χ2v) is 6.54. The Morgan fingerprint density at radius 3 is 2.14 bits per heavy atom. The van der Waals surface area contributed by atoms with Gasteiger partial charge in [0.1, 0.15) is 11.8 Å². The van der Waals surface area contributed by atoms with Crippen molar-refractivity contribution >= 4 is 37.0 Å². The third kappa shape index (κ3) is 11.0. The first-order chi connectivity index (χ1) is 9.88. The Balaban J connectivity index is 3.68. The van der Waals surface area contributed by atoms with E-state index >= 15 is 0 Å². The van der Waals surface area contributed by atoms with Gasteiger partial charge in [0.25, 0.3) is 0 Å². The van der Waals surface area contributed by atoms with Crippen molar-refractivity contribution < 1.29 is 14.7 Å². The first-order valence-corrected chi connectivity index (χ1v) is 8.59. The van der Waals surface area contributed by atoms with Crippen LogP contribution in [-0.4, -0.2) is 39.9 Å². The van der Waals surface area contributed by atoms with E-state index in [0.717, 1.165) is 31.4 Å². The summed E-state index contributed by atoms with van der Waals surface area (Å²) >= 11 is 8.60. The molecule has 7 heteroatoms. The molecule has 0 spiro atoms. The van der Waals surface area contributed by atoms with Crippen molar-refractivity contribution in [2.45, 2.75) is 68.7 Å². The van der Waals surface area contributed by atoms with Crippen molar-refractivity contribution in [3.8, 4) is 0 Å². The number of carboxylic acids is 1. The maximum atomic E-state index is 11.8. The van der Waals surface area contributed by atoms with E-state index in [-0.39, 0.29) is 5.78 Å². The van der Waals surface area contributed by atoms with Crippen LogP contribution in [0.3, 0.4) is 0 Å². The number of carbonyl (C=O) groups is 2. The summed E-state index contributed by atoms with van der Waals surface area (Å²) in [5.41, 5.74) is 11.2. The molecule has 0 amide bonds. The van der Waals surface area contributed by atoms with Crippen LogP contribution >= 0.6 is 25.3 Å². The molecule has 0 rings (SSSR count). The van der Waals surface area contributed by atoms with Gasteiger partial charge in [0, 0.05) is 11.7 Å². The quantitative estimate of drug-likeness (QED) is 0.260. The Morgan fingerprint density at radius 2 is 1.57 bits per heavy atom. The summed E-state index contributed by atoms with van der Waals surface area (Å²) in [6.07, 6.45) is 5.63. The molecule has 124 valence electrons. The SMILES string of the molecule is NC(CCC[C@H](N)C(=O)O)C(=O)CCCCC(S)CCS. The topological polar surface area (TPSA) is 106 Å². The number of hydrogen-bond donors (Lipinski definition) is 5. The van der Waals surface area contributed by atoms with Crippen LogP contribution in [0.25, 0.3) is 0 Å². The van der Waals surface area contributed by atoms with Crippen molar-refractivity contribution in [1.82, 2.24) is 0 Å². The number of hydrogen-bond acceptors (Lipinski definition) is 6. The zero-order valence-corrected chi connectivity index (χ0v) is 14.2. The number of carboxylic acid groups (broad SMARTS) is 1. The lowest BCUT2D eigenvalue weighted by Gasteiger charge is -2.12. The molecule has 3 atom stereocenters. The highest BCUT2D eigenvalue weighted by Gasteiger charge is 2.16. The van der Waals surface area contributed by atoms with Gasteiger partial charge in [0.05, 0.1) is 6.04 Å². The van der Waals surface area contributed by atoms with Crippen LogP contribution in [0.1, 0.15) is 51.4 Å². The number of rotatable bonds is 13. The predicted molar refractivity (Wildman–Crippen MR) is 92.2 cm³/mol. The Labute approximate surface area is 138 Å². The summed E-state index contributed by atoms with van der Waals surface area (Å²) in [5, 5.41) is 9.00. The fourth-order valence-electron chi connectivity index (χ4n) is 2.00. The van der Waals surface area contributed by atoms with Crippen LogP contribution in [0.15, 0.2) is 0 Å². The van der Waals surface area contributed by atoms with E-state index in [2.05, 4.69) is 25.3 Å². The summed E-state index contributed by atoms with van der Waals surface area (Å²) in [7, 11) is 0. The van der Waals surface area contributed by atoms with Crippen molar-refractivity contribution in [3.05, 3.63) is 0 Å². The molecule has 0 aromatic heterocycles. The zero-order chi connectivity index (χ0) is 16.3. The molecule has 0 saturated carbocycles. The van der Waals surface area contributed by atoms with Crippen LogP contribution in [0.4, 0.5) is 0 Å². The van der Waals surface area contributed by atoms with E-state index < -0.39 is 18.1 Å². The molecule has 0 fully saturated rings. The highest BCUT2D eigenvalue weighted by Crippen LogP contribution is 2.13. The minimum Gasteiger partial charge on any atom is -0.480 e. The van der Waals surface area contributed by atoms with E-state index in [9.17, 15) is 9.59 Å². The Bertz CT molecular complexity index is 317. The van der Waals surface area contributed by atoms with Gasteiger partial charge < -0.3 is 16.6 Å². The summed E-state index contributed by atoms with van der Waals surface area (Å²) in [6.45, 7) is 0. The highest BCUT2D eigenvalue weighted by molar-refractivity contribution is 7.81. The number of aliphatic carboxylic acids is 1. The minimum absolute atomic E-state index is 0.0452. The van der Waals surface area contributed by atoms with Gasteiger partial charge in [-0.15, -0.1) is 0 Å². The fraction of sp³-hybridized carbons (Fsp3) is 0.857. The smallest absolute Gasteiger partial charge is 0.320 e. The Morgan fingerprint density at radius 1 is 0.952 bits per heavy atom. The van der Waals surface area contributed by atoms with Crippen LogP contribution in [-0.2, 0) is 9.59 Å². The van der Waals surface area contributed by atoms with Gasteiger partial charge in [-0.25, -0.2) is 0 Å². The monoisotopic (exact) mass is 336 g/mol. The molecular formula is C14H28N2O3S2. The molecule has 0 saturated heterocycles. The molecule has 2 unspecified atom stereocenters. The maximum absolute atomic E-state index is 11.8. The van der Waals surface area contributed by atoms with Gasteiger partial charge in [-0.1, -0.05) is 6.42 Å². The lowest BCUT2D eigenvalue weighted by molar-refractivity contribution is -0.138. The maximum Gasteiger partial charge on any atom is 0.320 e. The fourth-order valence-corrected chi connectivity index (χ4v) is 2.83. The second-order valence-electron chi connectivity index (χ2n) is 5.36. The number of carbonyl (C=O) groups excluding carboxylic acids is 1. The van der Waals surface area contributed by atoms with Crippen LogP contribution in [0, 0.1) is 0 Å². The van der Waals surface area contributed by atoms with Gasteiger partial charge in [0.15, 0.2) is 0 Å². The number of unbranched alkanes of at least 4 members (excludes halogenated alkanes) is 1. The average Bonchev–Trinajstić information content (AvgIpc) is 2.43. The summed E-state index contributed by atoms with van der Waals surface area (Å²) in [5.74, 6) is -0.141. The van der Waals surface area contributed by atoms with Crippen LogP contribution in [0.2, 0.25) is 0 Å². The van der Waals surface area contributed by atoms with Crippen molar-refractivity contribution in [2.75, 3.05) is 5.75 Å².